The normalized spacial score (nSPS) is 10.7. The zero-order chi connectivity index (χ0) is 21.1. The van der Waals surface area contributed by atoms with E-state index in [1.54, 1.807) is 18.2 Å². The molecule has 0 unspecified atom stereocenters. The lowest BCUT2D eigenvalue weighted by molar-refractivity contribution is 0.0962. The Labute approximate surface area is 174 Å². The number of benzene rings is 3. The number of rotatable bonds is 5. The molecule has 2 N–H and O–H groups in total. The van der Waals surface area contributed by atoms with Crippen LogP contribution in [0.15, 0.2) is 77.6 Å². The molecule has 1 amide bonds. The second kappa shape index (κ2) is 8.21. The topological polar surface area (TPSA) is 76.0 Å². The zero-order valence-electron chi connectivity index (χ0n) is 16.8. The molecule has 0 atom stereocenters. The molecule has 1 heterocycles. The van der Waals surface area contributed by atoms with Crippen molar-refractivity contribution < 1.29 is 4.79 Å². The smallest absolute Gasteiger partial charge is 0.269 e. The van der Waals surface area contributed by atoms with Crippen LogP contribution in [0.2, 0.25) is 0 Å². The van der Waals surface area contributed by atoms with Gasteiger partial charge >= 0.3 is 0 Å². The average Bonchev–Trinajstić information content (AvgIpc) is 2.77. The summed E-state index contributed by atoms with van der Waals surface area (Å²) >= 11 is 0. The molecule has 6 heteroatoms. The predicted molar refractivity (Wildman–Crippen MR) is 119 cm³/mol. The van der Waals surface area contributed by atoms with Crippen LogP contribution < -0.4 is 16.4 Å². The quantitative estimate of drug-likeness (QED) is 0.495. The van der Waals surface area contributed by atoms with E-state index in [9.17, 15) is 9.59 Å². The van der Waals surface area contributed by atoms with Gasteiger partial charge in [-0.3, -0.25) is 25.0 Å². The van der Waals surface area contributed by atoms with Crippen LogP contribution in [0.1, 0.15) is 22.8 Å². The number of fused-ring (bicyclic) bond motifs is 1. The first-order valence-electron chi connectivity index (χ1n) is 9.80. The van der Waals surface area contributed by atoms with Crippen molar-refractivity contribution in [1.29, 1.82) is 0 Å². The van der Waals surface area contributed by atoms with Crippen molar-refractivity contribution >= 4 is 22.8 Å². The van der Waals surface area contributed by atoms with Crippen molar-refractivity contribution in [2.45, 2.75) is 20.4 Å². The van der Waals surface area contributed by atoms with Gasteiger partial charge in [-0.05, 0) is 49.2 Å². The van der Waals surface area contributed by atoms with E-state index in [0.717, 1.165) is 16.7 Å². The highest BCUT2D eigenvalue weighted by atomic mass is 16.2. The van der Waals surface area contributed by atoms with E-state index in [1.807, 2.05) is 62.4 Å². The summed E-state index contributed by atoms with van der Waals surface area (Å²) in [4.78, 5) is 29.9. The Morgan fingerprint density at radius 1 is 0.967 bits per heavy atom. The van der Waals surface area contributed by atoms with Crippen LogP contribution in [-0.2, 0) is 6.54 Å². The van der Waals surface area contributed by atoms with Crippen molar-refractivity contribution in [2.24, 2.45) is 0 Å². The molecule has 150 valence electrons. The number of hydrazine groups is 1. The molecule has 0 radical (unpaired) electrons. The summed E-state index contributed by atoms with van der Waals surface area (Å²) in [5.41, 5.74) is 9.57. The third-order valence-corrected chi connectivity index (χ3v) is 4.94. The summed E-state index contributed by atoms with van der Waals surface area (Å²) in [6.45, 7) is 4.32. The standard InChI is InChI=1S/C24H22N4O2/c1-3-28-23(30)20-12-4-5-13-21(20)25-24(28)27-26-22(29)19-11-7-10-18(15-19)17-9-6-8-16(2)14-17/h4-15H,3H2,1-2H3,(H,25,27)(H,26,29). The molecule has 4 rings (SSSR count). The summed E-state index contributed by atoms with van der Waals surface area (Å²) in [6, 6.07) is 22.7. The van der Waals surface area contributed by atoms with Gasteiger partial charge < -0.3 is 0 Å². The first-order valence-corrected chi connectivity index (χ1v) is 9.80. The van der Waals surface area contributed by atoms with Gasteiger partial charge in [-0.25, -0.2) is 4.98 Å². The van der Waals surface area contributed by atoms with Crippen LogP contribution in [0.5, 0.6) is 0 Å². The van der Waals surface area contributed by atoms with E-state index in [4.69, 9.17) is 0 Å². The summed E-state index contributed by atoms with van der Waals surface area (Å²) in [6.07, 6.45) is 0. The van der Waals surface area contributed by atoms with Crippen molar-refractivity contribution in [1.82, 2.24) is 15.0 Å². The fourth-order valence-corrected chi connectivity index (χ4v) is 3.41. The molecule has 30 heavy (non-hydrogen) atoms. The highest BCUT2D eigenvalue weighted by molar-refractivity contribution is 5.96. The Kier molecular flexibility index (Phi) is 5.30. The lowest BCUT2D eigenvalue weighted by Crippen LogP contribution is -2.34. The van der Waals surface area contributed by atoms with Crippen LogP contribution in [-0.4, -0.2) is 15.5 Å². The van der Waals surface area contributed by atoms with E-state index >= 15 is 0 Å². The highest BCUT2D eigenvalue weighted by Crippen LogP contribution is 2.21. The number of hydrogen-bond donors (Lipinski definition) is 2. The van der Waals surface area contributed by atoms with Gasteiger partial charge in [0.15, 0.2) is 0 Å². The Morgan fingerprint density at radius 3 is 2.47 bits per heavy atom. The van der Waals surface area contributed by atoms with Crippen LogP contribution in [0, 0.1) is 6.92 Å². The fraction of sp³-hybridized carbons (Fsp3) is 0.125. The Balaban J connectivity index is 1.58. The van der Waals surface area contributed by atoms with Crippen LogP contribution in [0.3, 0.4) is 0 Å². The number of carbonyl (C=O) groups excluding carboxylic acids is 1. The first-order chi connectivity index (χ1) is 14.6. The first kappa shape index (κ1) is 19.4. The van der Waals surface area contributed by atoms with Crippen LogP contribution in [0.25, 0.3) is 22.0 Å². The molecule has 0 bridgehead atoms. The van der Waals surface area contributed by atoms with Gasteiger partial charge in [-0.15, -0.1) is 0 Å². The van der Waals surface area contributed by atoms with Gasteiger partial charge in [0.25, 0.3) is 11.5 Å². The number of aryl methyl sites for hydroxylation is 1. The largest absolute Gasteiger partial charge is 0.277 e. The third-order valence-electron chi connectivity index (χ3n) is 4.94. The maximum atomic E-state index is 12.7. The van der Waals surface area contributed by atoms with Gasteiger partial charge in [-0.1, -0.05) is 54.1 Å². The van der Waals surface area contributed by atoms with Crippen molar-refractivity contribution in [3.05, 3.63) is 94.3 Å². The number of anilines is 1. The lowest BCUT2D eigenvalue weighted by Gasteiger charge is -2.14. The SMILES string of the molecule is CCn1c(NNC(=O)c2cccc(-c3cccc(C)c3)c2)nc2ccccc2c1=O. The second-order valence-electron chi connectivity index (χ2n) is 7.03. The summed E-state index contributed by atoms with van der Waals surface area (Å²) in [5, 5.41) is 0.544. The summed E-state index contributed by atoms with van der Waals surface area (Å²) < 4.78 is 1.49. The van der Waals surface area contributed by atoms with E-state index < -0.39 is 0 Å². The monoisotopic (exact) mass is 398 g/mol. The molecule has 0 aliphatic heterocycles. The molecule has 0 aliphatic rings. The van der Waals surface area contributed by atoms with Gasteiger partial charge in [0.05, 0.1) is 10.9 Å². The third kappa shape index (κ3) is 3.80. The Hall–Kier alpha value is -3.93. The zero-order valence-corrected chi connectivity index (χ0v) is 16.8. The number of hydrogen-bond acceptors (Lipinski definition) is 4. The summed E-state index contributed by atoms with van der Waals surface area (Å²) in [7, 11) is 0. The van der Waals surface area contributed by atoms with Crippen molar-refractivity contribution in [3.8, 4) is 11.1 Å². The average molecular weight is 398 g/mol. The number of carbonyl (C=O) groups is 1. The molecule has 1 aromatic heterocycles. The molecular formula is C24H22N4O2. The Morgan fingerprint density at radius 2 is 1.70 bits per heavy atom. The molecule has 0 saturated heterocycles. The maximum Gasteiger partial charge on any atom is 0.269 e. The fourth-order valence-electron chi connectivity index (χ4n) is 3.41. The molecule has 6 nitrogen and oxygen atoms in total. The molecular weight excluding hydrogens is 376 g/mol. The minimum atomic E-state index is -0.311. The number of aromatic nitrogens is 2. The van der Waals surface area contributed by atoms with E-state index in [1.165, 1.54) is 4.57 Å². The van der Waals surface area contributed by atoms with Gasteiger partial charge in [-0.2, -0.15) is 0 Å². The second-order valence-corrected chi connectivity index (χ2v) is 7.03. The summed E-state index contributed by atoms with van der Waals surface area (Å²) in [5.74, 6) is -0.0149. The van der Waals surface area contributed by atoms with E-state index in [2.05, 4.69) is 21.9 Å². The van der Waals surface area contributed by atoms with Crippen LogP contribution in [0.4, 0.5) is 5.95 Å². The van der Waals surface area contributed by atoms with Crippen molar-refractivity contribution in [3.63, 3.8) is 0 Å². The van der Waals surface area contributed by atoms with E-state index in [0.29, 0.717) is 29.0 Å². The lowest BCUT2D eigenvalue weighted by atomic mass is 10.0. The van der Waals surface area contributed by atoms with Gasteiger partial charge in [0.2, 0.25) is 5.95 Å². The van der Waals surface area contributed by atoms with Gasteiger partial charge in [0.1, 0.15) is 0 Å². The molecule has 0 aliphatic carbocycles. The molecule has 4 aromatic rings. The minimum Gasteiger partial charge on any atom is -0.277 e. The Bertz CT molecular complexity index is 1290. The predicted octanol–water partition coefficient (Wildman–Crippen LogP) is 4.15. The molecule has 0 fully saturated rings. The molecule has 0 spiro atoms. The number of para-hydroxylation sites is 1. The van der Waals surface area contributed by atoms with Gasteiger partial charge in [0, 0.05) is 12.1 Å². The number of nitrogens with zero attached hydrogens (tertiary/aromatic N) is 2. The number of amides is 1. The number of nitrogens with one attached hydrogen (secondary N) is 2. The molecule has 0 saturated carbocycles. The minimum absolute atomic E-state index is 0.152. The van der Waals surface area contributed by atoms with Crippen molar-refractivity contribution in [2.75, 3.05) is 5.43 Å². The van der Waals surface area contributed by atoms with E-state index in [-0.39, 0.29) is 11.5 Å². The highest BCUT2D eigenvalue weighted by Gasteiger charge is 2.12. The maximum absolute atomic E-state index is 12.7. The van der Waals surface area contributed by atoms with Crippen LogP contribution >= 0.6 is 0 Å². The molecule has 3 aromatic carbocycles.